The highest BCUT2D eigenvalue weighted by Gasteiger charge is 2.21. The number of hydrogen-bond acceptors (Lipinski definition) is 10. The minimum atomic E-state index is -3.41. The van der Waals surface area contributed by atoms with Crippen molar-refractivity contribution >= 4 is 16.1 Å². The van der Waals surface area contributed by atoms with Crippen molar-refractivity contribution in [3.05, 3.63) is 102 Å². The summed E-state index contributed by atoms with van der Waals surface area (Å²) in [5.74, 6) is 2.12. The van der Waals surface area contributed by atoms with Crippen LogP contribution in [0.1, 0.15) is 38.8 Å². The number of sulfone groups is 1. The molecule has 1 aromatic heterocycles. The number of carbonyl (C=O) groups excluding carboxylic acids is 1. The summed E-state index contributed by atoms with van der Waals surface area (Å²) in [5.41, 5.74) is 2.88. The third kappa shape index (κ3) is 14.3. The van der Waals surface area contributed by atoms with Crippen LogP contribution in [0.15, 0.2) is 96.2 Å². The second kappa shape index (κ2) is 21.4. The van der Waals surface area contributed by atoms with E-state index in [-0.39, 0.29) is 16.8 Å². The van der Waals surface area contributed by atoms with Crippen molar-refractivity contribution in [2.45, 2.75) is 46.1 Å². The predicted molar refractivity (Wildman–Crippen MR) is 181 cm³/mol. The Morgan fingerprint density at radius 3 is 1.74 bits per heavy atom. The van der Waals surface area contributed by atoms with Gasteiger partial charge in [-0.25, -0.2) is 8.42 Å². The first kappa shape index (κ1) is 38.8. The number of para-hydroxylation sites is 1. The van der Waals surface area contributed by atoms with Crippen molar-refractivity contribution in [2.24, 2.45) is 11.8 Å². The van der Waals surface area contributed by atoms with Crippen LogP contribution in [0.4, 0.5) is 0 Å². The third-order valence-electron chi connectivity index (χ3n) is 6.47. The van der Waals surface area contributed by atoms with Gasteiger partial charge < -0.3 is 23.7 Å². The van der Waals surface area contributed by atoms with Crippen LogP contribution >= 0.6 is 0 Å². The molecule has 2 atom stereocenters. The van der Waals surface area contributed by atoms with Crippen LogP contribution in [-0.2, 0) is 37.3 Å². The molecule has 0 amide bonds. The number of nitrogens with zero attached hydrogens (tertiary/aromatic N) is 4. The second-order valence-electron chi connectivity index (χ2n) is 10.5. The molecule has 0 spiro atoms. The van der Waals surface area contributed by atoms with Crippen LogP contribution in [0, 0.1) is 11.8 Å². The van der Waals surface area contributed by atoms with Gasteiger partial charge >= 0.3 is 0 Å². The summed E-state index contributed by atoms with van der Waals surface area (Å²) >= 11 is 0. The molecular weight excluding hydrogens is 620 g/mol. The molecule has 0 fully saturated rings. The molecule has 0 aliphatic heterocycles. The van der Waals surface area contributed by atoms with Crippen molar-refractivity contribution in [3.63, 3.8) is 0 Å². The standard InChI is InChI=1S/C14H20O2.C12H16O3.C9H10N4O2S/c1-4-5-12(2)10-16-11-13-6-8-14(15-3)9-7-13;1-10(7-13)8-15-9-11-3-5-12(14-2)6-4-11;1-2-16(14,15)9-10-11-12-13(9)8-6-4-3-5-7-8/h4-9,12H,10-11H2,1-3H3;3-7,10H,8-9H2,1-2H3;3-7H,2H2,1H3/b5-4+;;/t12-;10-;/m11./s1. The van der Waals surface area contributed by atoms with Gasteiger partial charge in [-0.1, -0.05) is 80.5 Å². The number of ether oxygens (including phenoxy) is 4. The zero-order valence-corrected chi connectivity index (χ0v) is 28.8. The number of benzene rings is 3. The van der Waals surface area contributed by atoms with Gasteiger partial charge in [0.15, 0.2) is 0 Å². The number of tetrazole rings is 1. The molecule has 254 valence electrons. The Bertz CT molecular complexity index is 1560. The minimum absolute atomic E-state index is 0.0276. The van der Waals surface area contributed by atoms with Crippen LogP contribution in [-0.4, -0.2) is 68.1 Å². The van der Waals surface area contributed by atoms with Crippen molar-refractivity contribution < 1.29 is 32.2 Å². The van der Waals surface area contributed by atoms with Gasteiger partial charge in [-0.05, 0) is 70.8 Å². The van der Waals surface area contributed by atoms with Crippen LogP contribution in [0.3, 0.4) is 0 Å². The Labute approximate surface area is 278 Å². The maximum absolute atomic E-state index is 11.7. The van der Waals surface area contributed by atoms with E-state index in [1.165, 1.54) is 10.2 Å². The zero-order valence-electron chi connectivity index (χ0n) is 28.0. The Hall–Kier alpha value is -4.39. The van der Waals surface area contributed by atoms with Crippen molar-refractivity contribution in [2.75, 3.05) is 33.2 Å². The Morgan fingerprint density at radius 2 is 1.30 bits per heavy atom. The molecule has 0 saturated heterocycles. The van der Waals surface area contributed by atoms with Crippen LogP contribution in [0.25, 0.3) is 5.69 Å². The molecule has 1 heterocycles. The maximum atomic E-state index is 11.7. The Kier molecular flexibility index (Phi) is 17.7. The molecule has 0 radical (unpaired) electrons. The summed E-state index contributed by atoms with van der Waals surface area (Å²) < 4.78 is 45.7. The van der Waals surface area contributed by atoms with Gasteiger partial charge in [0.25, 0.3) is 5.16 Å². The third-order valence-corrected chi connectivity index (χ3v) is 8.04. The maximum Gasteiger partial charge on any atom is 0.272 e. The molecule has 4 aromatic rings. The van der Waals surface area contributed by atoms with E-state index < -0.39 is 9.84 Å². The highest BCUT2D eigenvalue weighted by Crippen LogP contribution is 2.14. The summed E-state index contributed by atoms with van der Waals surface area (Å²) in [4.78, 5) is 10.3. The molecule has 0 bridgehead atoms. The first-order valence-electron chi connectivity index (χ1n) is 15.2. The molecule has 12 heteroatoms. The van der Waals surface area contributed by atoms with Crippen LogP contribution in [0.5, 0.6) is 11.5 Å². The van der Waals surface area contributed by atoms with E-state index >= 15 is 0 Å². The summed E-state index contributed by atoms with van der Waals surface area (Å²) in [7, 11) is -0.0997. The van der Waals surface area contributed by atoms with E-state index in [0.29, 0.717) is 31.4 Å². The zero-order chi connectivity index (χ0) is 34.5. The number of rotatable bonds is 15. The average molecular weight is 667 g/mol. The fourth-order valence-electron chi connectivity index (χ4n) is 3.83. The van der Waals surface area contributed by atoms with Gasteiger partial charge in [0.05, 0.1) is 52.1 Å². The SMILES string of the molecule is C/C=C/[C@@H](C)COCc1ccc(OC)cc1.CCS(=O)(=O)c1nnnn1-c1ccccc1.COc1ccc(COC[C@H](C)C=O)cc1. The van der Waals surface area contributed by atoms with E-state index in [0.717, 1.165) is 30.0 Å². The van der Waals surface area contributed by atoms with E-state index in [4.69, 9.17) is 18.9 Å². The molecule has 0 aliphatic rings. The largest absolute Gasteiger partial charge is 0.497 e. The summed E-state index contributed by atoms with van der Waals surface area (Å²) in [6, 6.07) is 24.5. The van der Waals surface area contributed by atoms with Gasteiger partial charge in [0, 0.05) is 5.92 Å². The number of aromatic nitrogens is 4. The first-order chi connectivity index (χ1) is 22.7. The number of methoxy groups -OCH3 is 2. The number of carbonyl (C=O) groups is 1. The van der Waals surface area contributed by atoms with Gasteiger partial charge in [-0.2, -0.15) is 4.68 Å². The fraction of sp³-hybridized carbons (Fsp3) is 0.371. The number of hydrogen-bond donors (Lipinski definition) is 0. The normalized spacial score (nSPS) is 12.2. The highest BCUT2D eigenvalue weighted by atomic mass is 32.2. The monoisotopic (exact) mass is 666 g/mol. The quantitative estimate of drug-likeness (QED) is 0.111. The molecule has 0 aliphatic carbocycles. The van der Waals surface area contributed by atoms with E-state index in [2.05, 4.69) is 34.6 Å². The molecule has 0 unspecified atom stereocenters. The fourth-order valence-corrected chi connectivity index (χ4v) is 4.65. The Balaban J connectivity index is 0.000000245. The molecule has 0 N–H and O–H groups in total. The molecule has 47 heavy (non-hydrogen) atoms. The first-order valence-corrected chi connectivity index (χ1v) is 16.9. The molecule has 4 rings (SSSR count). The second-order valence-corrected chi connectivity index (χ2v) is 12.6. The molecule has 3 aromatic carbocycles. The topological polar surface area (TPSA) is 132 Å². The van der Waals surface area contributed by atoms with Crippen LogP contribution < -0.4 is 9.47 Å². The lowest BCUT2D eigenvalue weighted by molar-refractivity contribution is -0.112. The Morgan fingerprint density at radius 1 is 0.787 bits per heavy atom. The van der Waals surface area contributed by atoms with Gasteiger partial charge in [-0.3, -0.25) is 0 Å². The van der Waals surface area contributed by atoms with E-state index in [9.17, 15) is 13.2 Å². The highest BCUT2D eigenvalue weighted by molar-refractivity contribution is 7.91. The molecular formula is C35H46N4O7S. The smallest absolute Gasteiger partial charge is 0.272 e. The van der Waals surface area contributed by atoms with Gasteiger partial charge in [-0.15, -0.1) is 0 Å². The average Bonchev–Trinajstić information content (AvgIpc) is 3.61. The van der Waals surface area contributed by atoms with Gasteiger partial charge in [0.1, 0.15) is 17.8 Å². The van der Waals surface area contributed by atoms with Gasteiger partial charge in [0.2, 0.25) is 9.84 Å². The number of allylic oxidation sites excluding steroid dienone is 1. The lowest BCUT2D eigenvalue weighted by atomic mass is 10.2. The lowest BCUT2D eigenvalue weighted by Gasteiger charge is -2.08. The predicted octanol–water partition coefficient (Wildman–Crippen LogP) is 5.93. The van der Waals surface area contributed by atoms with E-state index in [1.54, 1.807) is 45.4 Å². The van der Waals surface area contributed by atoms with Crippen molar-refractivity contribution in [3.8, 4) is 17.2 Å². The molecule has 0 saturated carbocycles. The molecule has 11 nitrogen and oxygen atoms in total. The van der Waals surface area contributed by atoms with Crippen LogP contribution in [0.2, 0.25) is 0 Å². The summed E-state index contributed by atoms with van der Waals surface area (Å²) in [5, 5.41) is 10.5. The van der Waals surface area contributed by atoms with E-state index in [1.807, 2.05) is 68.4 Å². The lowest BCUT2D eigenvalue weighted by Crippen LogP contribution is -2.12. The minimum Gasteiger partial charge on any atom is -0.497 e. The summed E-state index contributed by atoms with van der Waals surface area (Å²) in [6.45, 7) is 9.98. The van der Waals surface area contributed by atoms with Crippen molar-refractivity contribution in [1.82, 2.24) is 20.2 Å². The van der Waals surface area contributed by atoms with Crippen molar-refractivity contribution in [1.29, 1.82) is 0 Å². The summed E-state index contributed by atoms with van der Waals surface area (Å²) in [6.07, 6.45) is 5.10. The number of aldehydes is 1.